The van der Waals surface area contributed by atoms with E-state index in [1.165, 1.54) is 39.0 Å². The molecular formula is C10H12N4O4S. The smallest absolute Gasteiger partial charge is 0.279 e. The second-order valence-corrected chi connectivity index (χ2v) is 5.11. The molecule has 2 aromatic rings. The molecule has 8 nitrogen and oxygen atoms in total. The molecule has 1 N–H and O–H groups in total. The number of hydrogen-bond donors (Lipinski definition) is 1. The summed E-state index contributed by atoms with van der Waals surface area (Å²) < 4.78 is 35.6. The largest absolute Gasteiger partial charge is 0.497 e. The summed E-state index contributed by atoms with van der Waals surface area (Å²) in [6, 6.07) is 4.49. The SMILES string of the molecule is COc1ccc(OC)c(S(=O)(=O)Nn2cnnc2)c1. The van der Waals surface area contributed by atoms with Crippen LogP contribution in [0.15, 0.2) is 35.7 Å². The maximum atomic E-state index is 12.2. The minimum atomic E-state index is -3.83. The third-order valence-corrected chi connectivity index (χ3v) is 3.65. The molecule has 0 unspecified atom stereocenters. The molecule has 1 heterocycles. The number of nitrogens with one attached hydrogen (secondary N) is 1. The number of ether oxygens (including phenoxy) is 2. The number of aromatic nitrogens is 3. The van der Waals surface area contributed by atoms with Crippen LogP contribution in [0.1, 0.15) is 0 Å². The summed E-state index contributed by atoms with van der Waals surface area (Å²) >= 11 is 0. The summed E-state index contributed by atoms with van der Waals surface area (Å²) in [6.07, 6.45) is 2.45. The summed E-state index contributed by atoms with van der Waals surface area (Å²) in [7, 11) is -0.992. The van der Waals surface area contributed by atoms with Gasteiger partial charge in [0, 0.05) is 6.07 Å². The van der Waals surface area contributed by atoms with Gasteiger partial charge in [-0.2, -0.15) is 8.42 Å². The minimum Gasteiger partial charge on any atom is -0.497 e. The van der Waals surface area contributed by atoms with Crippen LogP contribution in [0.3, 0.4) is 0 Å². The van der Waals surface area contributed by atoms with Crippen molar-refractivity contribution in [1.29, 1.82) is 0 Å². The van der Waals surface area contributed by atoms with Gasteiger partial charge in [0.05, 0.1) is 14.2 Å². The minimum absolute atomic E-state index is 0.0388. The highest BCUT2D eigenvalue weighted by molar-refractivity contribution is 7.92. The van der Waals surface area contributed by atoms with Gasteiger partial charge in [0.1, 0.15) is 29.0 Å². The van der Waals surface area contributed by atoms with Crippen molar-refractivity contribution in [2.75, 3.05) is 19.1 Å². The van der Waals surface area contributed by atoms with E-state index in [2.05, 4.69) is 15.0 Å². The van der Waals surface area contributed by atoms with Crippen molar-refractivity contribution >= 4 is 10.0 Å². The number of sulfonamides is 1. The fraction of sp³-hybridized carbons (Fsp3) is 0.200. The number of hydrogen-bond acceptors (Lipinski definition) is 6. The average molecular weight is 284 g/mol. The van der Waals surface area contributed by atoms with Crippen molar-refractivity contribution in [2.24, 2.45) is 0 Å². The van der Waals surface area contributed by atoms with Crippen LogP contribution in [0, 0.1) is 0 Å². The zero-order valence-electron chi connectivity index (χ0n) is 10.3. The van der Waals surface area contributed by atoms with Crippen molar-refractivity contribution in [1.82, 2.24) is 14.9 Å². The summed E-state index contributed by atoms with van der Waals surface area (Å²) in [5.74, 6) is 0.617. The van der Waals surface area contributed by atoms with Crippen molar-refractivity contribution < 1.29 is 17.9 Å². The Balaban J connectivity index is 2.43. The molecule has 0 atom stereocenters. The quantitative estimate of drug-likeness (QED) is 0.844. The van der Waals surface area contributed by atoms with Crippen molar-refractivity contribution in [2.45, 2.75) is 4.90 Å². The maximum Gasteiger partial charge on any atom is 0.279 e. The molecule has 0 radical (unpaired) electrons. The summed E-state index contributed by atoms with van der Waals surface area (Å²) in [4.78, 5) is 2.23. The molecule has 0 amide bonds. The molecule has 0 aliphatic rings. The average Bonchev–Trinajstić information content (AvgIpc) is 2.90. The van der Waals surface area contributed by atoms with Crippen LogP contribution in [0.4, 0.5) is 0 Å². The lowest BCUT2D eigenvalue weighted by Crippen LogP contribution is -2.22. The lowest BCUT2D eigenvalue weighted by atomic mass is 10.3. The first-order valence-corrected chi connectivity index (χ1v) is 6.64. The Bertz CT molecular complexity index is 654. The van der Waals surface area contributed by atoms with Gasteiger partial charge in [-0.25, -0.2) is 9.51 Å². The second kappa shape index (κ2) is 5.14. The van der Waals surface area contributed by atoms with Gasteiger partial charge >= 0.3 is 0 Å². The maximum absolute atomic E-state index is 12.2. The molecule has 0 saturated carbocycles. The van der Waals surface area contributed by atoms with Crippen LogP contribution < -0.4 is 14.3 Å². The Morgan fingerprint density at radius 1 is 1.16 bits per heavy atom. The van der Waals surface area contributed by atoms with Gasteiger partial charge in [-0.15, -0.1) is 10.2 Å². The van der Waals surface area contributed by atoms with Gasteiger partial charge in [0.25, 0.3) is 10.0 Å². The predicted octanol–water partition coefficient (Wildman–Crippen LogP) is 0.228. The number of rotatable bonds is 5. The van der Waals surface area contributed by atoms with Crippen LogP contribution in [0.2, 0.25) is 0 Å². The van der Waals surface area contributed by atoms with Crippen molar-refractivity contribution in [3.05, 3.63) is 30.9 Å². The van der Waals surface area contributed by atoms with Crippen molar-refractivity contribution in [3.63, 3.8) is 0 Å². The van der Waals surface area contributed by atoms with E-state index in [1.54, 1.807) is 6.07 Å². The molecule has 0 fully saturated rings. The van der Waals surface area contributed by atoms with E-state index >= 15 is 0 Å². The third kappa shape index (κ3) is 2.76. The second-order valence-electron chi connectivity index (χ2n) is 3.48. The van der Waals surface area contributed by atoms with E-state index in [0.717, 1.165) is 4.68 Å². The van der Waals surface area contributed by atoms with Gasteiger partial charge in [-0.05, 0) is 12.1 Å². The molecule has 0 aliphatic carbocycles. The zero-order chi connectivity index (χ0) is 13.9. The summed E-state index contributed by atoms with van der Waals surface area (Å²) in [6.45, 7) is 0. The molecule has 2 rings (SSSR count). The molecule has 1 aromatic carbocycles. The van der Waals surface area contributed by atoms with E-state index < -0.39 is 10.0 Å². The van der Waals surface area contributed by atoms with Gasteiger partial charge in [0.2, 0.25) is 0 Å². The molecule has 0 bridgehead atoms. The highest BCUT2D eigenvalue weighted by Crippen LogP contribution is 2.28. The fourth-order valence-electron chi connectivity index (χ4n) is 1.43. The first-order valence-electron chi connectivity index (χ1n) is 5.16. The lowest BCUT2D eigenvalue weighted by Gasteiger charge is -2.12. The molecule has 0 saturated heterocycles. The topological polar surface area (TPSA) is 95.3 Å². The van der Waals surface area contributed by atoms with Gasteiger partial charge < -0.3 is 9.47 Å². The Morgan fingerprint density at radius 3 is 2.42 bits per heavy atom. The Labute approximate surface area is 110 Å². The third-order valence-electron chi connectivity index (χ3n) is 2.30. The predicted molar refractivity (Wildman–Crippen MR) is 66.1 cm³/mol. The zero-order valence-corrected chi connectivity index (χ0v) is 11.1. The summed E-state index contributed by atoms with van der Waals surface area (Å²) in [5, 5.41) is 7.01. The fourth-order valence-corrected chi connectivity index (χ4v) is 2.59. The van der Waals surface area contributed by atoms with E-state index in [-0.39, 0.29) is 10.6 Å². The first kappa shape index (κ1) is 13.1. The number of nitrogens with zero attached hydrogens (tertiary/aromatic N) is 3. The van der Waals surface area contributed by atoms with Gasteiger partial charge in [0.15, 0.2) is 0 Å². The Hall–Kier alpha value is -2.29. The number of methoxy groups -OCH3 is 2. The van der Waals surface area contributed by atoms with E-state index in [1.807, 2.05) is 0 Å². The highest BCUT2D eigenvalue weighted by Gasteiger charge is 2.20. The van der Waals surface area contributed by atoms with Crippen LogP contribution in [0.5, 0.6) is 11.5 Å². The van der Waals surface area contributed by atoms with Crippen LogP contribution in [-0.2, 0) is 10.0 Å². The molecule has 102 valence electrons. The Morgan fingerprint density at radius 2 is 1.84 bits per heavy atom. The molecular weight excluding hydrogens is 272 g/mol. The van der Waals surface area contributed by atoms with Crippen LogP contribution >= 0.6 is 0 Å². The first-order chi connectivity index (χ1) is 9.06. The van der Waals surface area contributed by atoms with E-state index in [0.29, 0.717) is 5.75 Å². The normalized spacial score (nSPS) is 11.1. The van der Waals surface area contributed by atoms with E-state index in [9.17, 15) is 8.42 Å². The summed E-state index contributed by atoms with van der Waals surface area (Å²) in [5.41, 5.74) is 0. The molecule has 0 spiro atoms. The molecule has 9 heteroatoms. The van der Waals surface area contributed by atoms with Crippen LogP contribution in [-0.4, -0.2) is 37.5 Å². The Kier molecular flexibility index (Phi) is 3.56. The monoisotopic (exact) mass is 284 g/mol. The standard InChI is InChI=1S/C10H12N4O4S/c1-17-8-3-4-9(18-2)10(5-8)19(15,16)13-14-6-11-12-7-14/h3-7,13H,1-2H3. The van der Waals surface area contributed by atoms with Gasteiger partial charge in [-0.1, -0.05) is 0 Å². The molecule has 1 aromatic heterocycles. The molecule has 0 aliphatic heterocycles. The molecule has 19 heavy (non-hydrogen) atoms. The lowest BCUT2D eigenvalue weighted by molar-refractivity contribution is 0.392. The van der Waals surface area contributed by atoms with Crippen LogP contribution in [0.25, 0.3) is 0 Å². The van der Waals surface area contributed by atoms with E-state index in [4.69, 9.17) is 9.47 Å². The highest BCUT2D eigenvalue weighted by atomic mass is 32.2. The van der Waals surface area contributed by atoms with Crippen molar-refractivity contribution in [3.8, 4) is 11.5 Å². The number of benzene rings is 1. The van der Waals surface area contributed by atoms with Gasteiger partial charge in [-0.3, -0.25) is 0 Å².